The summed E-state index contributed by atoms with van der Waals surface area (Å²) in [4.78, 5) is 10.7. The number of aliphatic hydroxyl groups is 1. The Labute approximate surface area is 66.8 Å². The van der Waals surface area contributed by atoms with Gasteiger partial charge in [0, 0.05) is 19.0 Å². The van der Waals surface area contributed by atoms with E-state index >= 15 is 0 Å². The first kappa shape index (κ1) is 10.4. The van der Waals surface area contributed by atoms with Crippen molar-refractivity contribution < 1.29 is 9.90 Å². The van der Waals surface area contributed by atoms with Gasteiger partial charge in [-0.05, 0) is 6.92 Å². The number of rotatable bonds is 4. The van der Waals surface area contributed by atoms with Crippen molar-refractivity contribution in [3.63, 3.8) is 0 Å². The van der Waals surface area contributed by atoms with Crippen molar-refractivity contribution in [3.05, 3.63) is 0 Å². The van der Waals surface area contributed by atoms with Gasteiger partial charge in [0.05, 0.1) is 6.10 Å². The predicted molar refractivity (Wildman–Crippen MR) is 43.0 cm³/mol. The quantitative estimate of drug-likeness (QED) is 0.505. The number of aliphatic hydroxyl groups excluding tert-OH is 1. The maximum atomic E-state index is 10.7. The lowest BCUT2D eigenvalue weighted by Gasteiger charge is -2.14. The number of carbonyl (C=O) groups excluding carboxylic acids is 1. The summed E-state index contributed by atoms with van der Waals surface area (Å²) in [6.45, 7) is 3.70. The molecular formula is C7H16N2O2. The van der Waals surface area contributed by atoms with Crippen LogP contribution in [0.15, 0.2) is 0 Å². The van der Waals surface area contributed by atoms with E-state index in [0.717, 1.165) is 0 Å². The van der Waals surface area contributed by atoms with E-state index < -0.39 is 6.10 Å². The molecule has 11 heavy (non-hydrogen) atoms. The van der Waals surface area contributed by atoms with Crippen molar-refractivity contribution in [2.75, 3.05) is 6.54 Å². The van der Waals surface area contributed by atoms with Crippen molar-refractivity contribution >= 4 is 5.91 Å². The Morgan fingerprint density at radius 3 is 2.64 bits per heavy atom. The molecule has 1 amide bonds. The van der Waals surface area contributed by atoms with Gasteiger partial charge in [-0.2, -0.15) is 0 Å². The molecule has 4 heteroatoms. The number of nitrogens with one attached hydrogen (secondary N) is 1. The van der Waals surface area contributed by atoms with E-state index in [4.69, 9.17) is 10.8 Å². The molecule has 0 rings (SSSR count). The standard InChI is InChI=1S/C7H16N2O2/c1-3-7(11)9-4-6(8)5(2)10/h5-6,10H,3-4,8H2,1-2H3,(H,9,11). The maximum absolute atomic E-state index is 10.7. The second-order valence-corrected chi connectivity index (χ2v) is 2.56. The fourth-order valence-electron chi connectivity index (χ4n) is 0.527. The molecule has 0 aromatic carbocycles. The van der Waals surface area contributed by atoms with E-state index in [1.807, 2.05) is 0 Å². The highest BCUT2D eigenvalue weighted by Crippen LogP contribution is 1.86. The van der Waals surface area contributed by atoms with Gasteiger partial charge in [0.25, 0.3) is 0 Å². The zero-order valence-corrected chi connectivity index (χ0v) is 7.00. The van der Waals surface area contributed by atoms with E-state index in [1.165, 1.54) is 0 Å². The van der Waals surface area contributed by atoms with Gasteiger partial charge in [-0.15, -0.1) is 0 Å². The molecule has 0 spiro atoms. The number of nitrogens with two attached hydrogens (primary N) is 1. The van der Waals surface area contributed by atoms with Crippen LogP contribution in [0.2, 0.25) is 0 Å². The summed E-state index contributed by atoms with van der Waals surface area (Å²) in [5.74, 6) is -0.0406. The number of hydrogen-bond acceptors (Lipinski definition) is 3. The largest absolute Gasteiger partial charge is 0.392 e. The van der Waals surface area contributed by atoms with Gasteiger partial charge in [0.2, 0.25) is 5.91 Å². The molecule has 0 heterocycles. The van der Waals surface area contributed by atoms with Crippen molar-refractivity contribution in [3.8, 4) is 0 Å². The number of amides is 1. The Balaban J connectivity index is 3.45. The molecule has 0 aliphatic carbocycles. The SMILES string of the molecule is CCC(=O)NCC(N)C(C)O. The van der Waals surface area contributed by atoms with Crippen LogP contribution in [0.5, 0.6) is 0 Å². The molecule has 4 N–H and O–H groups in total. The fraction of sp³-hybridized carbons (Fsp3) is 0.857. The van der Waals surface area contributed by atoms with Crippen LogP contribution in [0.4, 0.5) is 0 Å². The Bertz CT molecular complexity index is 126. The smallest absolute Gasteiger partial charge is 0.219 e. The van der Waals surface area contributed by atoms with E-state index in [1.54, 1.807) is 13.8 Å². The summed E-state index contributed by atoms with van der Waals surface area (Å²) in [6, 6.07) is -0.370. The van der Waals surface area contributed by atoms with Crippen LogP contribution in [-0.4, -0.2) is 29.7 Å². The second-order valence-electron chi connectivity index (χ2n) is 2.56. The van der Waals surface area contributed by atoms with Crippen molar-refractivity contribution in [2.45, 2.75) is 32.4 Å². The zero-order chi connectivity index (χ0) is 8.85. The van der Waals surface area contributed by atoms with Gasteiger partial charge in [-0.3, -0.25) is 4.79 Å². The van der Waals surface area contributed by atoms with Gasteiger partial charge in [0.1, 0.15) is 0 Å². The molecule has 2 unspecified atom stereocenters. The normalized spacial score (nSPS) is 15.6. The predicted octanol–water partition coefficient (Wildman–Crippen LogP) is -0.779. The minimum Gasteiger partial charge on any atom is -0.392 e. The highest BCUT2D eigenvalue weighted by Gasteiger charge is 2.09. The van der Waals surface area contributed by atoms with E-state index in [-0.39, 0.29) is 11.9 Å². The van der Waals surface area contributed by atoms with E-state index in [0.29, 0.717) is 13.0 Å². The van der Waals surface area contributed by atoms with Crippen LogP contribution in [0.1, 0.15) is 20.3 Å². The molecule has 4 nitrogen and oxygen atoms in total. The van der Waals surface area contributed by atoms with Gasteiger partial charge >= 0.3 is 0 Å². The molecule has 0 fully saturated rings. The molecule has 0 aromatic rings. The van der Waals surface area contributed by atoms with Crippen LogP contribution in [0, 0.1) is 0 Å². The first-order valence-electron chi connectivity index (χ1n) is 3.78. The highest BCUT2D eigenvalue weighted by molar-refractivity contribution is 5.75. The third-order valence-corrected chi connectivity index (χ3v) is 1.48. The molecule has 0 saturated carbocycles. The summed E-state index contributed by atoms with van der Waals surface area (Å²) in [5.41, 5.74) is 5.45. The van der Waals surface area contributed by atoms with Crippen LogP contribution < -0.4 is 11.1 Å². The Morgan fingerprint density at radius 1 is 1.73 bits per heavy atom. The maximum Gasteiger partial charge on any atom is 0.219 e. The van der Waals surface area contributed by atoms with Crippen molar-refractivity contribution in [1.82, 2.24) is 5.32 Å². The fourth-order valence-corrected chi connectivity index (χ4v) is 0.527. The molecule has 0 aliphatic rings. The van der Waals surface area contributed by atoms with Gasteiger partial charge in [-0.1, -0.05) is 6.92 Å². The molecule has 0 aliphatic heterocycles. The van der Waals surface area contributed by atoms with Crippen molar-refractivity contribution in [1.29, 1.82) is 0 Å². The van der Waals surface area contributed by atoms with Crippen molar-refractivity contribution in [2.24, 2.45) is 5.73 Å². The van der Waals surface area contributed by atoms with Gasteiger partial charge in [-0.25, -0.2) is 0 Å². The molecule has 66 valence electrons. The summed E-state index contributed by atoms with van der Waals surface area (Å²) in [5, 5.41) is 11.5. The minimum absolute atomic E-state index is 0.0406. The summed E-state index contributed by atoms with van der Waals surface area (Å²) in [7, 11) is 0. The molecule has 0 aromatic heterocycles. The van der Waals surface area contributed by atoms with Crippen LogP contribution in [0.25, 0.3) is 0 Å². The first-order chi connectivity index (χ1) is 5.07. The lowest BCUT2D eigenvalue weighted by molar-refractivity contribution is -0.120. The third-order valence-electron chi connectivity index (χ3n) is 1.48. The van der Waals surface area contributed by atoms with Gasteiger partial charge < -0.3 is 16.2 Å². The number of hydrogen-bond donors (Lipinski definition) is 3. The average molecular weight is 160 g/mol. The molecule has 2 atom stereocenters. The lowest BCUT2D eigenvalue weighted by Crippen LogP contribution is -2.43. The minimum atomic E-state index is -0.577. The zero-order valence-electron chi connectivity index (χ0n) is 7.00. The highest BCUT2D eigenvalue weighted by atomic mass is 16.3. The first-order valence-corrected chi connectivity index (χ1v) is 3.78. The topological polar surface area (TPSA) is 75.4 Å². The van der Waals surface area contributed by atoms with Gasteiger partial charge in [0.15, 0.2) is 0 Å². The average Bonchev–Trinajstić information content (AvgIpc) is 1.99. The Morgan fingerprint density at radius 2 is 2.27 bits per heavy atom. The Hall–Kier alpha value is -0.610. The van der Waals surface area contributed by atoms with Crippen LogP contribution in [0.3, 0.4) is 0 Å². The molecule has 0 saturated heterocycles. The molecule has 0 bridgehead atoms. The summed E-state index contributed by atoms with van der Waals surface area (Å²) in [6.07, 6.45) is -0.126. The van der Waals surface area contributed by atoms with Crippen LogP contribution >= 0.6 is 0 Å². The molecule has 0 radical (unpaired) electrons. The Kier molecular flexibility index (Phi) is 4.81. The second kappa shape index (κ2) is 5.09. The third kappa shape index (κ3) is 4.75. The lowest BCUT2D eigenvalue weighted by atomic mass is 10.2. The van der Waals surface area contributed by atoms with E-state index in [2.05, 4.69) is 5.32 Å². The molecular weight excluding hydrogens is 144 g/mol. The van der Waals surface area contributed by atoms with E-state index in [9.17, 15) is 4.79 Å². The monoisotopic (exact) mass is 160 g/mol. The summed E-state index contributed by atoms with van der Waals surface area (Å²) >= 11 is 0. The summed E-state index contributed by atoms with van der Waals surface area (Å²) < 4.78 is 0. The number of carbonyl (C=O) groups is 1. The van der Waals surface area contributed by atoms with Crippen LogP contribution in [-0.2, 0) is 4.79 Å².